The Labute approximate surface area is 233 Å². The number of nitrogens with zero attached hydrogens (tertiary/aromatic N) is 5. The van der Waals surface area contributed by atoms with Gasteiger partial charge in [0, 0.05) is 48.5 Å². The Morgan fingerprint density at radius 3 is 2.72 bits per heavy atom. The monoisotopic (exact) mass is 546 g/mol. The number of anilines is 1. The summed E-state index contributed by atoms with van der Waals surface area (Å²) in [6.07, 6.45) is 2.59. The van der Waals surface area contributed by atoms with E-state index in [4.69, 9.17) is 16.6 Å². The van der Waals surface area contributed by atoms with E-state index in [1.807, 2.05) is 18.2 Å². The van der Waals surface area contributed by atoms with E-state index >= 15 is 4.39 Å². The molecule has 0 bridgehead atoms. The molecule has 3 aromatic rings. The summed E-state index contributed by atoms with van der Waals surface area (Å²) < 4.78 is 15.4. The molecule has 1 N–H and O–H groups in total. The van der Waals surface area contributed by atoms with Gasteiger partial charge in [-0.15, -0.1) is 0 Å². The molecule has 2 heterocycles. The Hall–Kier alpha value is -3.54. The lowest BCUT2D eigenvalue weighted by Crippen LogP contribution is -2.32. The SMILES string of the molecule is CN(C)CC1CCN(c2nc(-c3cc(Cl)cc(C(F)c4ccccc4)c3)ncc2CNC(=O)C2(C#N)CC2)C1. The minimum absolute atomic E-state index is 0.230. The molecule has 2 aromatic carbocycles. The molecule has 1 saturated heterocycles. The van der Waals surface area contributed by atoms with Gasteiger partial charge in [0.15, 0.2) is 12.0 Å². The van der Waals surface area contributed by atoms with Crippen molar-refractivity contribution in [3.05, 3.63) is 76.4 Å². The van der Waals surface area contributed by atoms with Gasteiger partial charge < -0.3 is 15.1 Å². The summed E-state index contributed by atoms with van der Waals surface area (Å²) in [6, 6.07) is 16.2. The second kappa shape index (κ2) is 11.3. The molecule has 0 radical (unpaired) electrons. The number of nitriles is 1. The van der Waals surface area contributed by atoms with Crippen LogP contribution < -0.4 is 10.2 Å². The first-order valence-corrected chi connectivity index (χ1v) is 13.6. The minimum Gasteiger partial charge on any atom is -0.356 e. The van der Waals surface area contributed by atoms with Crippen LogP contribution >= 0.6 is 11.6 Å². The van der Waals surface area contributed by atoms with Crippen molar-refractivity contribution < 1.29 is 9.18 Å². The Bertz CT molecular complexity index is 1390. The third kappa shape index (κ3) is 6.05. The summed E-state index contributed by atoms with van der Waals surface area (Å²) >= 11 is 6.43. The molecule has 1 aliphatic carbocycles. The summed E-state index contributed by atoms with van der Waals surface area (Å²) in [4.78, 5) is 26.6. The maximum atomic E-state index is 15.4. The van der Waals surface area contributed by atoms with Gasteiger partial charge in [0.2, 0.25) is 5.91 Å². The first-order valence-electron chi connectivity index (χ1n) is 13.2. The van der Waals surface area contributed by atoms with Crippen molar-refractivity contribution in [3.8, 4) is 17.5 Å². The average Bonchev–Trinajstić information content (AvgIpc) is 3.62. The molecule has 2 aliphatic rings. The molecule has 0 spiro atoms. The zero-order valence-corrected chi connectivity index (χ0v) is 23.0. The molecule has 2 fully saturated rings. The van der Waals surface area contributed by atoms with E-state index in [-0.39, 0.29) is 12.5 Å². The van der Waals surface area contributed by atoms with Gasteiger partial charge in [-0.25, -0.2) is 14.4 Å². The summed E-state index contributed by atoms with van der Waals surface area (Å²) in [5.74, 6) is 1.42. The van der Waals surface area contributed by atoms with Crippen molar-refractivity contribution in [2.24, 2.45) is 11.3 Å². The third-order valence-electron chi connectivity index (χ3n) is 7.45. The van der Waals surface area contributed by atoms with E-state index in [0.717, 1.165) is 37.4 Å². The second-order valence-electron chi connectivity index (χ2n) is 10.8. The van der Waals surface area contributed by atoms with Gasteiger partial charge in [0.1, 0.15) is 11.2 Å². The predicted molar refractivity (Wildman–Crippen MR) is 150 cm³/mol. The van der Waals surface area contributed by atoms with Crippen LogP contribution in [-0.2, 0) is 11.3 Å². The van der Waals surface area contributed by atoms with Gasteiger partial charge in [0.05, 0.1) is 6.07 Å². The molecule has 1 aliphatic heterocycles. The highest BCUT2D eigenvalue weighted by molar-refractivity contribution is 6.31. The lowest BCUT2D eigenvalue weighted by atomic mass is 10.0. The van der Waals surface area contributed by atoms with Crippen LogP contribution in [0.1, 0.15) is 42.1 Å². The fourth-order valence-corrected chi connectivity index (χ4v) is 5.43. The molecule has 1 saturated carbocycles. The zero-order valence-electron chi connectivity index (χ0n) is 22.2. The van der Waals surface area contributed by atoms with E-state index in [0.29, 0.717) is 46.3 Å². The van der Waals surface area contributed by atoms with Crippen LogP contribution in [-0.4, -0.2) is 54.5 Å². The molecule has 39 heavy (non-hydrogen) atoms. The van der Waals surface area contributed by atoms with E-state index in [1.165, 1.54) is 0 Å². The van der Waals surface area contributed by atoms with Crippen LogP contribution in [0.5, 0.6) is 0 Å². The van der Waals surface area contributed by atoms with Crippen molar-refractivity contribution in [1.82, 2.24) is 20.2 Å². The van der Waals surface area contributed by atoms with Gasteiger partial charge >= 0.3 is 0 Å². The fraction of sp³-hybridized carbons (Fsp3) is 0.400. The normalized spacial score (nSPS) is 18.6. The molecule has 2 atom stereocenters. The predicted octanol–water partition coefficient (Wildman–Crippen LogP) is 5.16. The first-order chi connectivity index (χ1) is 18.8. The number of carbonyl (C=O) groups is 1. The highest BCUT2D eigenvalue weighted by atomic mass is 35.5. The molecule has 202 valence electrons. The number of rotatable bonds is 9. The van der Waals surface area contributed by atoms with Crippen molar-refractivity contribution in [1.29, 1.82) is 5.26 Å². The summed E-state index contributed by atoms with van der Waals surface area (Å²) in [5.41, 5.74) is 1.49. The maximum absolute atomic E-state index is 15.4. The van der Waals surface area contributed by atoms with Crippen molar-refractivity contribution in [2.45, 2.75) is 32.0 Å². The quantitative estimate of drug-likeness (QED) is 0.399. The molecule has 7 nitrogen and oxygen atoms in total. The number of aromatic nitrogens is 2. The van der Waals surface area contributed by atoms with Crippen LogP contribution in [0.2, 0.25) is 5.02 Å². The lowest BCUT2D eigenvalue weighted by Gasteiger charge is -2.23. The Morgan fingerprint density at radius 2 is 2.03 bits per heavy atom. The second-order valence-corrected chi connectivity index (χ2v) is 11.3. The van der Waals surface area contributed by atoms with Crippen molar-refractivity contribution >= 4 is 23.3 Å². The molecule has 5 rings (SSSR count). The molecular formula is C30H32ClFN6O. The summed E-state index contributed by atoms with van der Waals surface area (Å²) in [6.45, 7) is 2.87. The average molecular weight is 547 g/mol. The largest absolute Gasteiger partial charge is 0.356 e. The van der Waals surface area contributed by atoms with Crippen molar-refractivity contribution in [3.63, 3.8) is 0 Å². The smallest absolute Gasteiger partial charge is 0.240 e. The minimum atomic E-state index is -1.34. The van der Waals surface area contributed by atoms with Crippen LogP contribution in [0.25, 0.3) is 11.4 Å². The van der Waals surface area contributed by atoms with Crippen molar-refractivity contribution in [2.75, 3.05) is 38.6 Å². The molecular weight excluding hydrogens is 515 g/mol. The topological polar surface area (TPSA) is 85.2 Å². The van der Waals surface area contributed by atoms with Gasteiger partial charge in [-0.05, 0) is 68.6 Å². The van der Waals surface area contributed by atoms with Gasteiger partial charge in [0.25, 0.3) is 0 Å². The molecule has 2 unspecified atom stereocenters. The fourth-order valence-electron chi connectivity index (χ4n) is 5.19. The Morgan fingerprint density at radius 1 is 1.26 bits per heavy atom. The number of benzene rings is 2. The summed E-state index contributed by atoms with van der Waals surface area (Å²) in [5, 5.41) is 12.7. The van der Waals surface area contributed by atoms with Crippen LogP contribution in [0.4, 0.5) is 10.2 Å². The van der Waals surface area contributed by atoms with Crippen LogP contribution in [0.3, 0.4) is 0 Å². The number of hydrogen-bond donors (Lipinski definition) is 1. The first kappa shape index (κ1) is 27.0. The molecule has 1 amide bonds. The van der Waals surface area contributed by atoms with Crippen LogP contribution in [0.15, 0.2) is 54.7 Å². The number of amides is 1. The van der Waals surface area contributed by atoms with E-state index in [1.54, 1.807) is 36.5 Å². The highest BCUT2D eigenvalue weighted by Gasteiger charge is 2.50. The number of carbonyl (C=O) groups excluding carboxylic acids is 1. The van der Waals surface area contributed by atoms with Crippen LogP contribution in [0, 0.1) is 22.7 Å². The number of hydrogen-bond acceptors (Lipinski definition) is 6. The van der Waals surface area contributed by atoms with E-state index in [2.05, 4.69) is 40.3 Å². The third-order valence-corrected chi connectivity index (χ3v) is 7.67. The summed E-state index contributed by atoms with van der Waals surface area (Å²) in [7, 11) is 4.14. The zero-order chi connectivity index (χ0) is 27.6. The lowest BCUT2D eigenvalue weighted by molar-refractivity contribution is -0.124. The Balaban J connectivity index is 1.45. The Kier molecular flexibility index (Phi) is 7.83. The van der Waals surface area contributed by atoms with Gasteiger partial charge in [-0.3, -0.25) is 4.79 Å². The number of alkyl halides is 1. The molecule has 1 aromatic heterocycles. The number of nitrogens with one attached hydrogen (secondary N) is 1. The number of halogens is 2. The highest BCUT2D eigenvalue weighted by Crippen LogP contribution is 2.45. The van der Waals surface area contributed by atoms with Gasteiger partial charge in [-0.1, -0.05) is 41.9 Å². The van der Waals surface area contributed by atoms with E-state index < -0.39 is 11.6 Å². The molecule has 9 heteroatoms. The maximum Gasteiger partial charge on any atom is 0.240 e. The van der Waals surface area contributed by atoms with E-state index in [9.17, 15) is 10.1 Å². The standard InChI is InChI=1S/C30H32ClFN6O/c1-37(2)17-20-8-11-38(18-20)28-24(16-35-29(39)30(19-33)9-10-30)15-34-27(36-28)23-12-22(13-25(31)14-23)26(32)21-6-4-3-5-7-21/h3-7,12-15,20,26H,8-11,16-18H2,1-2H3,(H,35,39). The van der Waals surface area contributed by atoms with Gasteiger partial charge in [-0.2, -0.15) is 5.26 Å².